The molecule has 0 saturated carbocycles. The molecule has 2 amide bonds. The van der Waals surface area contributed by atoms with Gasteiger partial charge in [-0.05, 0) is 43.9 Å². The third-order valence-corrected chi connectivity index (χ3v) is 5.48. The normalized spacial score (nSPS) is 15.4. The van der Waals surface area contributed by atoms with Crippen molar-refractivity contribution >= 4 is 18.0 Å². The van der Waals surface area contributed by atoms with Gasteiger partial charge in [0.05, 0.1) is 25.5 Å². The van der Waals surface area contributed by atoms with Crippen LogP contribution in [0.25, 0.3) is 0 Å². The van der Waals surface area contributed by atoms with E-state index in [2.05, 4.69) is 20.7 Å². The van der Waals surface area contributed by atoms with Gasteiger partial charge in [-0.2, -0.15) is 5.10 Å². The van der Waals surface area contributed by atoms with Crippen LogP contribution in [0.2, 0.25) is 0 Å². The molecule has 2 aromatic carbocycles. The van der Waals surface area contributed by atoms with Crippen molar-refractivity contribution in [2.75, 3.05) is 32.8 Å². The van der Waals surface area contributed by atoms with E-state index in [0.717, 1.165) is 31.5 Å². The highest BCUT2D eigenvalue weighted by molar-refractivity contribution is 5.94. The highest BCUT2D eigenvalue weighted by atomic mass is 16.5. The standard InChI is InChI=1S/C25H32N4O3/c1-20-10-12-21(13-11-20)19-27-28-25(31)23(29-15-17-32-18-16-29)9-5-6-14-26-24(30)22-7-3-2-4-8-22/h2-4,7-8,10-13,19,23H,5-6,9,14-18H2,1H3,(H,26,30)(H,28,31). The van der Waals surface area contributed by atoms with Crippen LogP contribution in [-0.2, 0) is 9.53 Å². The Bertz CT molecular complexity index is 878. The summed E-state index contributed by atoms with van der Waals surface area (Å²) in [6.45, 7) is 5.32. The molecular weight excluding hydrogens is 404 g/mol. The van der Waals surface area contributed by atoms with Crippen LogP contribution in [0.1, 0.15) is 40.7 Å². The number of hydrogen-bond donors (Lipinski definition) is 2. The number of rotatable bonds is 10. The molecule has 0 radical (unpaired) electrons. The van der Waals surface area contributed by atoms with Crippen LogP contribution in [0.15, 0.2) is 59.7 Å². The maximum atomic E-state index is 12.9. The van der Waals surface area contributed by atoms with E-state index in [4.69, 9.17) is 4.74 Å². The number of amides is 2. The van der Waals surface area contributed by atoms with Crippen LogP contribution in [0.5, 0.6) is 0 Å². The van der Waals surface area contributed by atoms with Crippen LogP contribution in [0.3, 0.4) is 0 Å². The zero-order valence-electron chi connectivity index (χ0n) is 18.6. The van der Waals surface area contributed by atoms with E-state index in [1.54, 1.807) is 18.3 Å². The molecule has 1 atom stereocenters. The maximum Gasteiger partial charge on any atom is 0.257 e. The first-order valence-electron chi connectivity index (χ1n) is 11.2. The lowest BCUT2D eigenvalue weighted by molar-refractivity contribution is -0.128. The first-order chi connectivity index (χ1) is 15.6. The second-order valence-electron chi connectivity index (χ2n) is 7.93. The summed E-state index contributed by atoms with van der Waals surface area (Å²) in [6.07, 6.45) is 3.99. The van der Waals surface area contributed by atoms with Gasteiger partial charge < -0.3 is 10.1 Å². The van der Waals surface area contributed by atoms with Crippen LogP contribution in [0.4, 0.5) is 0 Å². The average molecular weight is 437 g/mol. The van der Waals surface area contributed by atoms with Gasteiger partial charge in [-0.25, -0.2) is 5.43 Å². The molecule has 2 N–H and O–H groups in total. The number of hydrogen-bond acceptors (Lipinski definition) is 5. The molecule has 2 aromatic rings. The Labute approximate surface area is 189 Å². The molecule has 7 heteroatoms. The van der Waals surface area contributed by atoms with E-state index in [1.165, 1.54) is 5.56 Å². The fourth-order valence-corrected chi connectivity index (χ4v) is 3.62. The lowest BCUT2D eigenvalue weighted by Crippen LogP contribution is -2.50. The van der Waals surface area contributed by atoms with Gasteiger partial charge in [-0.3, -0.25) is 14.5 Å². The number of unbranched alkanes of at least 4 members (excludes halogenated alkanes) is 1. The summed E-state index contributed by atoms with van der Waals surface area (Å²) < 4.78 is 5.44. The number of hydrazone groups is 1. The second kappa shape index (κ2) is 12.7. The molecule has 1 heterocycles. The third kappa shape index (κ3) is 7.59. The number of nitrogens with one attached hydrogen (secondary N) is 2. The molecule has 0 bridgehead atoms. The van der Waals surface area contributed by atoms with Crippen LogP contribution >= 0.6 is 0 Å². The monoisotopic (exact) mass is 436 g/mol. The van der Waals surface area contributed by atoms with Crippen LogP contribution in [-0.4, -0.2) is 61.8 Å². The van der Waals surface area contributed by atoms with Crippen molar-refractivity contribution in [1.82, 2.24) is 15.6 Å². The average Bonchev–Trinajstić information content (AvgIpc) is 2.83. The Morgan fingerprint density at radius 2 is 1.78 bits per heavy atom. The topological polar surface area (TPSA) is 83.0 Å². The Kier molecular flexibility index (Phi) is 9.40. The lowest BCUT2D eigenvalue weighted by Gasteiger charge is -2.33. The van der Waals surface area contributed by atoms with Crippen molar-refractivity contribution in [2.45, 2.75) is 32.2 Å². The summed E-state index contributed by atoms with van der Waals surface area (Å²) in [6, 6.07) is 16.9. The molecule has 0 spiro atoms. The highest BCUT2D eigenvalue weighted by Crippen LogP contribution is 2.12. The number of nitrogens with zero attached hydrogens (tertiary/aromatic N) is 2. The van der Waals surface area contributed by atoms with Gasteiger partial charge in [0.2, 0.25) is 0 Å². The SMILES string of the molecule is Cc1ccc(C=NNC(=O)C(CCCCNC(=O)c2ccccc2)N2CCOCC2)cc1. The smallest absolute Gasteiger partial charge is 0.257 e. The van der Waals surface area contributed by atoms with Crippen molar-refractivity contribution in [2.24, 2.45) is 5.10 Å². The summed E-state index contributed by atoms with van der Waals surface area (Å²) in [5, 5.41) is 7.09. The molecule has 3 rings (SSSR count). The van der Waals surface area contributed by atoms with E-state index >= 15 is 0 Å². The minimum Gasteiger partial charge on any atom is -0.379 e. The Morgan fingerprint density at radius 1 is 1.06 bits per heavy atom. The Morgan fingerprint density at radius 3 is 2.50 bits per heavy atom. The van der Waals surface area contributed by atoms with E-state index in [9.17, 15) is 9.59 Å². The molecule has 1 fully saturated rings. The van der Waals surface area contributed by atoms with Crippen molar-refractivity contribution in [3.05, 3.63) is 71.3 Å². The molecule has 1 saturated heterocycles. The third-order valence-electron chi connectivity index (χ3n) is 5.48. The Balaban J connectivity index is 1.47. The molecule has 170 valence electrons. The number of morpholine rings is 1. The fraction of sp³-hybridized carbons (Fsp3) is 0.400. The lowest BCUT2D eigenvalue weighted by atomic mass is 10.1. The number of benzene rings is 2. The number of carbonyl (C=O) groups excluding carboxylic acids is 2. The molecule has 0 aromatic heterocycles. The van der Waals surface area contributed by atoms with E-state index in [1.807, 2.05) is 49.4 Å². The predicted molar refractivity (Wildman–Crippen MR) is 126 cm³/mol. The van der Waals surface area contributed by atoms with Crippen molar-refractivity contribution in [1.29, 1.82) is 0 Å². The van der Waals surface area contributed by atoms with Gasteiger partial charge in [0.1, 0.15) is 0 Å². The van der Waals surface area contributed by atoms with E-state index in [0.29, 0.717) is 31.7 Å². The zero-order chi connectivity index (χ0) is 22.6. The molecule has 1 unspecified atom stereocenters. The minimum absolute atomic E-state index is 0.0708. The van der Waals surface area contributed by atoms with Gasteiger partial charge in [0, 0.05) is 25.2 Å². The minimum atomic E-state index is -0.265. The largest absolute Gasteiger partial charge is 0.379 e. The second-order valence-corrected chi connectivity index (χ2v) is 7.93. The van der Waals surface area contributed by atoms with Gasteiger partial charge in [0.25, 0.3) is 11.8 Å². The van der Waals surface area contributed by atoms with Crippen LogP contribution in [0, 0.1) is 6.92 Å². The number of carbonyl (C=O) groups is 2. The van der Waals surface area contributed by atoms with Gasteiger partial charge in [-0.1, -0.05) is 48.0 Å². The number of ether oxygens (including phenoxy) is 1. The predicted octanol–water partition coefficient (Wildman–Crippen LogP) is 2.75. The van der Waals surface area contributed by atoms with Crippen molar-refractivity contribution in [3.8, 4) is 0 Å². The van der Waals surface area contributed by atoms with Gasteiger partial charge in [-0.15, -0.1) is 0 Å². The van der Waals surface area contributed by atoms with Gasteiger partial charge in [0.15, 0.2) is 0 Å². The summed E-state index contributed by atoms with van der Waals surface area (Å²) >= 11 is 0. The summed E-state index contributed by atoms with van der Waals surface area (Å²) in [4.78, 5) is 27.2. The summed E-state index contributed by atoms with van der Waals surface area (Å²) in [7, 11) is 0. The zero-order valence-corrected chi connectivity index (χ0v) is 18.6. The van der Waals surface area contributed by atoms with Crippen LogP contribution < -0.4 is 10.7 Å². The molecule has 1 aliphatic heterocycles. The van der Waals surface area contributed by atoms with Crippen molar-refractivity contribution < 1.29 is 14.3 Å². The molecule has 1 aliphatic rings. The number of aryl methyl sites for hydroxylation is 1. The molecular formula is C25H32N4O3. The van der Waals surface area contributed by atoms with E-state index < -0.39 is 0 Å². The fourth-order valence-electron chi connectivity index (χ4n) is 3.62. The maximum absolute atomic E-state index is 12.9. The molecule has 0 aliphatic carbocycles. The van der Waals surface area contributed by atoms with Gasteiger partial charge >= 0.3 is 0 Å². The van der Waals surface area contributed by atoms with E-state index in [-0.39, 0.29) is 17.9 Å². The Hall–Kier alpha value is -3.03. The highest BCUT2D eigenvalue weighted by Gasteiger charge is 2.26. The first-order valence-corrected chi connectivity index (χ1v) is 11.2. The molecule has 32 heavy (non-hydrogen) atoms. The molecule has 7 nitrogen and oxygen atoms in total. The first kappa shape index (κ1) is 23.6. The van der Waals surface area contributed by atoms with Crippen molar-refractivity contribution in [3.63, 3.8) is 0 Å². The summed E-state index contributed by atoms with van der Waals surface area (Å²) in [5.41, 5.74) is 5.48. The quantitative estimate of drug-likeness (QED) is 0.341. The summed E-state index contributed by atoms with van der Waals surface area (Å²) in [5.74, 6) is -0.179.